The third-order valence-corrected chi connectivity index (χ3v) is 6.59. The van der Waals surface area contributed by atoms with Crippen molar-refractivity contribution >= 4 is 22.7 Å². The molecule has 0 aliphatic heterocycles. The number of ether oxygens (including phenoxy) is 2. The molecule has 35 heavy (non-hydrogen) atoms. The molecule has 2 heterocycles. The molecule has 0 bridgehead atoms. The number of thioether (sulfide) groups is 1. The Labute approximate surface area is 206 Å². The molecule has 0 fully saturated rings. The first-order valence-electron chi connectivity index (χ1n) is 11.0. The quantitative estimate of drug-likeness (QED) is 0.217. The summed E-state index contributed by atoms with van der Waals surface area (Å²) in [5.41, 5.74) is 2.66. The molecule has 0 aliphatic rings. The molecule has 0 atom stereocenters. The van der Waals surface area contributed by atoms with E-state index in [1.807, 2.05) is 73.7 Å². The van der Waals surface area contributed by atoms with Gasteiger partial charge in [-0.15, -0.1) is 0 Å². The maximum Gasteiger partial charge on any atom is 0.266 e. The van der Waals surface area contributed by atoms with Crippen molar-refractivity contribution in [2.75, 3.05) is 14.2 Å². The zero-order chi connectivity index (χ0) is 24.4. The van der Waals surface area contributed by atoms with Gasteiger partial charge in [0.05, 0.1) is 42.1 Å². The molecule has 0 unspecified atom stereocenters. The Kier molecular flexibility index (Phi) is 6.29. The molecule has 0 N–H and O–H groups in total. The predicted octanol–water partition coefficient (Wildman–Crippen LogP) is 5.66. The van der Waals surface area contributed by atoms with Gasteiger partial charge in [0.15, 0.2) is 5.16 Å². The first kappa shape index (κ1) is 22.7. The van der Waals surface area contributed by atoms with Crippen LogP contribution in [-0.2, 0) is 5.75 Å². The van der Waals surface area contributed by atoms with Crippen molar-refractivity contribution in [2.24, 2.45) is 0 Å². The Morgan fingerprint density at radius 3 is 2.37 bits per heavy atom. The largest absolute Gasteiger partial charge is 0.496 e. The predicted molar refractivity (Wildman–Crippen MR) is 137 cm³/mol. The lowest BCUT2D eigenvalue weighted by Gasteiger charge is -2.15. The van der Waals surface area contributed by atoms with Crippen LogP contribution in [-0.4, -0.2) is 28.8 Å². The van der Waals surface area contributed by atoms with E-state index in [0.29, 0.717) is 50.6 Å². The van der Waals surface area contributed by atoms with E-state index in [9.17, 15) is 4.79 Å². The molecule has 0 spiro atoms. The normalized spacial score (nSPS) is 11.1. The topological polar surface area (TPSA) is 79.4 Å². The SMILES string of the molecule is COc1ccccc1-c1nc(CSc2nc3ccccc3c(=O)n2-c2ccccc2OC)c(C)o1. The van der Waals surface area contributed by atoms with Gasteiger partial charge in [-0.05, 0) is 43.3 Å². The van der Waals surface area contributed by atoms with E-state index in [2.05, 4.69) is 0 Å². The number of nitrogens with zero attached hydrogens (tertiary/aromatic N) is 3. The summed E-state index contributed by atoms with van der Waals surface area (Å²) in [4.78, 5) is 23.1. The fraction of sp³-hybridized carbons (Fsp3) is 0.148. The van der Waals surface area contributed by atoms with Crippen molar-refractivity contribution in [3.8, 4) is 28.6 Å². The van der Waals surface area contributed by atoms with Crippen molar-refractivity contribution in [3.05, 3.63) is 94.6 Å². The number of aryl methyl sites for hydroxylation is 1. The van der Waals surface area contributed by atoms with Crippen molar-refractivity contribution in [1.82, 2.24) is 14.5 Å². The second kappa shape index (κ2) is 9.68. The minimum absolute atomic E-state index is 0.158. The van der Waals surface area contributed by atoms with E-state index in [4.69, 9.17) is 23.9 Å². The third kappa shape index (κ3) is 4.28. The molecule has 0 amide bonds. The van der Waals surface area contributed by atoms with Gasteiger partial charge >= 0.3 is 0 Å². The molecule has 176 valence electrons. The van der Waals surface area contributed by atoms with E-state index in [1.165, 1.54) is 11.8 Å². The van der Waals surface area contributed by atoms with Crippen molar-refractivity contribution < 1.29 is 13.9 Å². The van der Waals surface area contributed by atoms with E-state index in [-0.39, 0.29) is 5.56 Å². The molecule has 2 aromatic heterocycles. The van der Waals surface area contributed by atoms with Crippen LogP contribution in [0.4, 0.5) is 0 Å². The lowest BCUT2D eigenvalue weighted by molar-refractivity contribution is 0.411. The summed E-state index contributed by atoms with van der Waals surface area (Å²) < 4.78 is 18.6. The molecule has 0 saturated carbocycles. The number of aromatic nitrogens is 3. The van der Waals surface area contributed by atoms with Crippen LogP contribution in [0, 0.1) is 6.92 Å². The van der Waals surface area contributed by atoms with Gasteiger partial charge in [0.25, 0.3) is 5.56 Å². The highest BCUT2D eigenvalue weighted by Gasteiger charge is 2.19. The lowest BCUT2D eigenvalue weighted by atomic mass is 10.2. The first-order valence-corrected chi connectivity index (χ1v) is 12.0. The van der Waals surface area contributed by atoms with Crippen molar-refractivity contribution in [1.29, 1.82) is 0 Å². The van der Waals surface area contributed by atoms with Crippen LogP contribution >= 0.6 is 11.8 Å². The minimum atomic E-state index is -0.158. The first-order chi connectivity index (χ1) is 17.1. The van der Waals surface area contributed by atoms with Gasteiger partial charge in [-0.25, -0.2) is 9.97 Å². The Morgan fingerprint density at radius 2 is 1.57 bits per heavy atom. The molecule has 8 heteroatoms. The highest BCUT2D eigenvalue weighted by atomic mass is 32.2. The number of hydrogen-bond acceptors (Lipinski definition) is 7. The average Bonchev–Trinajstić information content (AvgIpc) is 3.27. The monoisotopic (exact) mass is 485 g/mol. The molecular formula is C27H23N3O4S. The zero-order valence-corrected chi connectivity index (χ0v) is 20.3. The number of hydrogen-bond donors (Lipinski definition) is 0. The fourth-order valence-corrected chi connectivity index (χ4v) is 4.87. The van der Waals surface area contributed by atoms with Gasteiger partial charge in [-0.1, -0.05) is 48.2 Å². The number of benzene rings is 3. The zero-order valence-electron chi connectivity index (χ0n) is 19.5. The van der Waals surface area contributed by atoms with Crippen LogP contribution in [0.1, 0.15) is 11.5 Å². The highest BCUT2D eigenvalue weighted by molar-refractivity contribution is 7.98. The Bertz CT molecular complexity index is 1570. The summed E-state index contributed by atoms with van der Waals surface area (Å²) in [5.74, 6) is 2.93. The molecule has 5 aromatic rings. The molecule has 0 radical (unpaired) electrons. The van der Waals surface area contributed by atoms with Crippen LogP contribution in [0.2, 0.25) is 0 Å². The number of rotatable bonds is 7. The number of methoxy groups -OCH3 is 2. The van der Waals surface area contributed by atoms with E-state index >= 15 is 0 Å². The lowest BCUT2D eigenvalue weighted by Crippen LogP contribution is -2.22. The van der Waals surface area contributed by atoms with E-state index in [0.717, 1.165) is 11.3 Å². The Hall–Kier alpha value is -4.04. The van der Waals surface area contributed by atoms with Crippen LogP contribution in [0.5, 0.6) is 11.5 Å². The average molecular weight is 486 g/mol. The van der Waals surface area contributed by atoms with Gasteiger partial charge in [0.1, 0.15) is 17.3 Å². The molecule has 5 rings (SSSR count). The molecule has 3 aromatic carbocycles. The molecular weight excluding hydrogens is 462 g/mol. The molecule has 7 nitrogen and oxygen atoms in total. The van der Waals surface area contributed by atoms with Crippen LogP contribution in [0.3, 0.4) is 0 Å². The Balaban J connectivity index is 1.56. The van der Waals surface area contributed by atoms with Gasteiger partial charge in [0, 0.05) is 5.75 Å². The van der Waals surface area contributed by atoms with Gasteiger partial charge in [0.2, 0.25) is 5.89 Å². The number of fused-ring (bicyclic) bond motifs is 1. The summed E-state index contributed by atoms with van der Waals surface area (Å²) >= 11 is 1.42. The fourth-order valence-electron chi connectivity index (χ4n) is 3.87. The Morgan fingerprint density at radius 1 is 0.886 bits per heavy atom. The second-order valence-electron chi connectivity index (χ2n) is 7.73. The smallest absolute Gasteiger partial charge is 0.266 e. The minimum Gasteiger partial charge on any atom is -0.496 e. The van der Waals surface area contributed by atoms with E-state index < -0.39 is 0 Å². The molecule has 0 saturated heterocycles. The van der Waals surface area contributed by atoms with Gasteiger partial charge < -0.3 is 13.9 Å². The number of para-hydroxylation sites is 4. The second-order valence-corrected chi connectivity index (χ2v) is 8.68. The van der Waals surface area contributed by atoms with E-state index in [1.54, 1.807) is 24.9 Å². The number of oxazole rings is 1. The van der Waals surface area contributed by atoms with Crippen molar-refractivity contribution in [3.63, 3.8) is 0 Å². The summed E-state index contributed by atoms with van der Waals surface area (Å²) in [5, 5.41) is 1.08. The third-order valence-electron chi connectivity index (χ3n) is 5.64. The van der Waals surface area contributed by atoms with Gasteiger partial charge in [-0.3, -0.25) is 9.36 Å². The van der Waals surface area contributed by atoms with Crippen LogP contribution < -0.4 is 15.0 Å². The van der Waals surface area contributed by atoms with Crippen molar-refractivity contribution in [2.45, 2.75) is 17.8 Å². The summed E-state index contributed by atoms with van der Waals surface area (Å²) in [6.45, 7) is 1.88. The van der Waals surface area contributed by atoms with Crippen LogP contribution in [0.25, 0.3) is 28.0 Å². The van der Waals surface area contributed by atoms with Crippen LogP contribution in [0.15, 0.2) is 87.2 Å². The summed E-state index contributed by atoms with van der Waals surface area (Å²) in [6.07, 6.45) is 0. The van der Waals surface area contributed by atoms with Gasteiger partial charge in [-0.2, -0.15) is 0 Å². The standard InChI is InChI=1S/C27H23N3O4S/c1-17-21(28-25(34-17)19-11-5-8-14-23(19)32-2)16-35-27-29-20-12-6-4-10-18(20)26(31)30(27)22-13-7-9-15-24(22)33-3/h4-15H,16H2,1-3H3. The highest BCUT2D eigenvalue weighted by Crippen LogP contribution is 2.33. The summed E-state index contributed by atoms with van der Waals surface area (Å²) in [6, 6.07) is 22.3. The summed E-state index contributed by atoms with van der Waals surface area (Å²) in [7, 11) is 3.21. The molecule has 0 aliphatic carbocycles. The maximum atomic E-state index is 13.6. The maximum absolute atomic E-state index is 13.6.